The number of halogens is 2. The van der Waals surface area contributed by atoms with Crippen LogP contribution in [0, 0.1) is 23.5 Å². The van der Waals surface area contributed by atoms with Crippen molar-refractivity contribution in [3.05, 3.63) is 35.4 Å². The Morgan fingerprint density at radius 3 is 2.95 bits per heavy atom. The molecular formula is C16H21F2NO. The van der Waals surface area contributed by atoms with Crippen molar-refractivity contribution in [3.63, 3.8) is 0 Å². The van der Waals surface area contributed by atoms with Gasteiger partial charge in [0.1, 0.15) is 17.4 Å². The molecule has 110 valence electrons. The number of ketones is 1. The Morgan fingerprint density at radius 1 is 1.45 bits per heavy atom. The number of nitrogens with one attached hydrogen (secondary N) is 1. The molecule has 1 aliphatic rings. The van der Waals surface area contributed by atoms with Gasteiger partial charge in [-0.2, -0.15) is 0 Å². The van der Waals surface area contributed by atoms with Crippen LogP contribution in [0.1, 0.15) is 31.7 Å². The molecule has 1 heterocycles. The van der Waals surface area contributed by atoms with Gasteiger partial charge in [-0.15, -0.1) is 0 Å². The van der Waals surface area contributed by atoms with Crippen molar-refractivity contribution in [2.75, 3.05) is 13.1 Å². The third kappa shape index (κ3) is 4.10. The Balaban J connectivity index is 1.89. The molecule has 0 saturated carbocycles. The van der Waals surface area contributed by atoms with Gasteiger partial charge in [0.25, 0.3) is 0 Å². The zero-order valence-corrected chi connectivity index (χ0v) is 11.8. The van der Waals surface area contributed by atoms with Crippen molar-refractivity contribution in [3.8, 4) is 0 Å². The van der Waals surface area contributed by atoms with Gasteiger partial charge in [-0.1, -0.05) is 6.92 Å². The Hall–Kier alpha value is -1.29. The number of carbonyl (C=O) groups is 1. The zero-order chi connectivity index (χ0) is 14.5. The molecule has 1 saturated heterocycles. The fourth-order valence-electron chi connectivity index (χ4n) is 2.85. The minimum Gasteiger partial charge on any atom is -0.316 e. The lowest BCUT2D eigenvalue weighted by atomic mass is 9.83. The molecule has 1 fully saturated rings. The maximum atomic E-state index is 13.5. The molecular weight excluding hydrogens is 260 g/mol. The summed E-state index contributed by atoms with van der Waals surface area (Å²) in [5, 5.41) is 3.33. The first-order valence-corrected chi connectivity index (χ1v) is 7.22. The molecule has 0 radical (unpaired) electrons. The second kappa shape index (κ2) is 6.93. The van der Waals surface area contributed by atoms with Crippen LogP contribution < -0.4 is 5.32 Å². The van der Waals surface area contributed by atoms with Gasteiger partial charge < -0.3 is 5.32 Å². The largest absolute Gasteiger partial charge is 0.316 e. The van der Waals surface area contributed by atoms with Crippen molar-refractivity contribution in [2.24, 2.45) is 11.8 Å². The number of piperidine rings is 1. The van der Waals surface area contributed by atoms with Crippen LogP contribution in [-0.2, 0) is 11.2 Å². The van der Waals surface area contributed by atoms with E-state index in [2.05, 4.69) is 12.2 Å². The first-order valence-electron chi connectivity index (χ1n) is 7.22. The van der Waals surface area contributed by atoms with Crippen molar-refractivity contribution in [1.29, 1.82) is 0 Å². The predicted molar refractivity (Wildman–Crippen MR) is 74.4 cm³/mol. The van der Waals surface area contributed by atoms with Crippen LogP contribution in [0.3, 0.4) is 0 Å². The van der Waals surface area contributed by atoms with E-state index in [1.807, 2.05) is 0 Å². The van der Waals surface area contributed by atoms with E-state index < -0.39 is 11.6 Å². The predicted octanol–water partition coefficient (Wildman–Crippen LogP) is 3.10. The van der Waals surface area contributed by atoms with Gasteiger partial charge in [0.15, 0.2) is 0 Å². The Bertz CT molecular complexity index is 470. The zero-order valence-electron chi connectivity index (χ0n) is 11.8. The summed E-state index contributed by atoms with van der Waals surface area (Å²) in [6.07, 6.45) is 2.69. The van der Waals surface area contributed by atoms with Crippen LogP contribution in [0.2, 0.25) is 0 Å². The third-order valence-corrected chi connectivity index (χ3v) is 4.08. The van der Waals surface area contributed by atoms with Crippen LogP contribution in [0.4, 0.5) is 8.78 Å². The molecule has 0 spiro atoms. The number of carbonyl (C=O) groups excluding carboxylic acids is 1. The van der Waals surface area contributed by atoms with Crippen molar-refractivity contribution in [2.45, 2.75) is 32.6 Å². The monoisotopic (exact) mass is 281 g/mol. The van der Waals surface area contributed by atoms with Gasteiger partial charge in [-0.25, -0.2) is 8.78 Å². The molecule has 0 bridgehead atoms. The standard InChI is InChI=1S/C16H21F2NO/c1-11(12-3-2-6-19-10-12)7-15(20)9-13-8-14(17)4-5-16(13)18/h4-5,8,11-12,19H,2-3,6-7,9-10H2,1H3. The van der Waals surface area contributed by atoms with E-state index in [0.29, 0.717) is 12.3 Å². The first-order chi connectivity index (χ1) is 9.56. The quantitative estimate of drug-likeness (QED) is 0.898. The van der Waals surface area contributed by atoms with E-state index in [1.54, 1.807) is 0 Å². The number of hydrogen-bond donors (Lipinski definition) is 1. The van der Waals surface area contributed by atoms with Crippen LogP contribution in [0.5, 0.6) is 0 Å². The first kappa shape index (κ1) is 15.1. The molecule has 4 heteroatoms. The summed E-state index contributed by atoms with van der Waals surface area (Å²) in [5.74, 6) is -0.241. The summed E-state index contributed by atoms with van der Waals surface area (Å²) in [4.78, 5) is 12.0. The molecule has 0 aromatic heterocycles. The molecule has 0 aliphatic carbocycles. The highest BCUT2D eigenvalue weighted by atomic mass is 19.1. The summed E-state index contributed by atoms with van der Waals surface area (Å²) in [7, 11) is 0. The van der Waals surface area contributed by atoms with Crippen molar-refractivity contribution < 1.29 is 13.6 Å². The SMILES string of the molecule is CC(CC(=O)Cc1cc(F)ccc1F)C1CCCNC1. The number of benzene rings is 1. The highest BCUT2D eigenvalue weighted by Crippen LogP contribution is 2.23. The normalized spacial score (nSPS) is 20.6. The molecule has 2 nitrogen and oxygen atoms in total. The molecule has 20 heavy (non-hydrogen) atoms. The van der Waals surface area contributed by atoms with Gasteiger partial charge in [0.05, 0.1) is 0 Å². The van der Waals surface area contributed by atoms with Crippen LogP contribution in [-0.4, -0.2) is 18.9 Å². The number of rotatable bonds is 5. The van der Waals surface area contributed by atoms with Gasteiger partial charge in [-0.05, 0) is 61.5 Å². The topological polar surface area (TPSA) is 29.1 Å². The fourth-order valence-corrected chi connectivity index (χ4v) is 2.85. The van der Waals surface area contributed by atoms with E-state index in [0.717, 1.165) is 44.1 Å². The summed E-state index contributed by atoms with van der Waals surface area (Å²) in [6.45, 7) is 4.06. The summed E-state index contributed by atoms with van der Waals surface area (Å²) >= 11 is 0. The maximum absolute atomic E-state index is 13.5. The molecule has 0 amide bonds. The maximum Gasteiger partial charge on any atom is 0.137 e. The smallest absolute Gasteiger partial charge is 0.137 e. The lowest BCUT2D eigenvalue weighted by Crippen LogP contribution is -2.34. The van der Waals surface area contributed by atoms with Gasteiger partial charge >= 0.3 is 0 Å². The second-order valence-corrected chi connectivity index (χ2v) is 5.74. The van der Waals surface area contributed by atoms with Gasteiger partial charge in [-0.3, -0.25) is 4.79 Å². The van der Waals surface area contributed by atoms with E-state index >= 15 is 0 Å². The molecule has 1 aliphatic heterocycles. The highest BCUT2D eigenvalue weighted by Gasteiger charge is 2.22. The van der Waals surface area contributed by atoms with E-state index in [-0.39, 0.29) is 23.7 Å². The minimum atomic E-state index is -0.508. The Labute approximate surface area is 118 Å². The summed E-state index contributed by atoms with van der Waals surface area (Å²) in [5.41, 5.74) is 0.156. The van der Waals surface area contributed by atoms with Crippen molar-refractivity contribution >= 4 is 5.78 Å². The summed E-state index contributed by atoms with van der Waals surface area (Å²) < 4.78 is 26.6. The van der Waals surface area contributed by atoms with Crippen LogP contribution >= 0.6 is 0 Å². The highest BCUT2D eigenvalue weighted by molar-refractivity contribution is 5.81. The van der Waals surface area contributed by atoms with Crippen LogP contribution in [0.25, 0.3) is 0 Å². The average Bonchev–Trinajstić information content (AvgIpc) is 2.43. The second-order valence-electron chi connectivity index (χ2n) is 5.74. The van der Waals surface area contributed by atoms with E-state index in [9.17, 15) is 13.6 Å². The fraction of sp³-hybridized carbons (Fsp3) is 0.562. The van der Waals surface area contributed by atoms with Gasteiger partial charge in [0, 0.05) is 12.8 Å². The van der Waals surface area contributed by atoms with Crippen molar-refractivity contribution in [1.82, 2.24) is 5.32 Å². The molecule has 1 aromatic carbocycles. The molecule has 2 atom stereocenters. The summed E-state index contributed by atoms with van der Waals surface area (Å²) in [6, 6.07) is 3.26. The van der Waals surface area contributed by atoms with Crippen LogP contribution in [0.15, 0.2) is 18.2 Å². The minimum absolute atomic E-state index is 0.0198. The molecule has 2 unspecified atom stereocenters. The lowest BCUT2D eigenvalue weighted by Gasteiger charge is -2.28. The molecule has 1 N–H and O–H groups in total. The Morgan fingerprint density at radius 2 is 2.25 bits per heavy atom. The average molecular weight is 281 g/mol. The third-order valence-electron chi connectivity index (χ3n) is 4.08. The van der Waals surface area contributed by atoms with E-state index in [1.165, 1.54) is 0 Å². The molecule has 2 rings (SSSR count). The van der Waals surface area contributed by atoms with E-state index in [4.69, 9.17) is 0 Å². The lowest BCUT2D eigenvalue weighted by molar-refractivity contribution is -0.119. The Kier molecular flexibility index (Phi) is 5.24. The molecule has 1 aromatic rings. The number of Topliss-reactive ketones (excluding diaryl/α,β-unsaturated/α-hetero) is 1. The van der Waals surface area contributed by atoms with Gasteiger partial charge in [0.2, 0.25) is 0 Å². The number of hydrogen-bond acceptors (Lipinski definition) is 2.